The van der Waals surface area contributed by atoms with E-state index in [0.29, 0.717) is 23.0 Å². The van der Waals surface area contributed by atoms with Gasteiger partial charge in [-0.25, -0.2) is 0 Å². The van der Waals surface area contributed by atoms with Crippen LogP contribution in [0.5, 0.6) is 5.75 Å². The van der Waals surface area contributed by atoms with Gasteiger partial charge in [0, 0.05) is 29.3 Å². The summed E-state index contributed by atoms with van der Waals surface area (Å²) in [5.74, 6) is 0.583. The second-order valence-electron chi connectivity index (χ2n) is 12.4. The van der Waals surface area contributed by atoms with Gasteiger partial charge in [-0.3, -0.25) is 4.79 Å². The van der Waals surface area contributed by atoms with E-state index in [2.05, 4.69) is 46.0 Å². The van der Waals surface area contributed by atoms with Crippen molar-refractivity contribution in [2.24, 2.45) is 5.92 Å². The van der Waals surface area contributed by atoms with Crippen LogP contribution in [0.2, 0.25) is 0 Å². The summed E-state index contributed by atoms with van der Waals surface area (Å²) in [6, 6.07) is 39.9. The monoisotopic (exact) mass is 699 g/mol. The van der Waals surface area contributed by atoms with Crippen LogP contribution in [-0.2, 0) is 22.6 Å². The molecule has 6 aromatic rings. The number of phenolic OH excluding ortho intramolecular Hbond substituents is 1. The highest BCUT2D eigenvalue weighted by Gasteiger charge is 2.38. The molecule has 1 amide bonds. The Balaban J connectivity index is 1.11. The molecular formula is C40H37N5O5S. The lowest BCUT2D eigenvalue weighted by Gasteiger charge is -2.41. The van der Waals surface area contributed by atoms with Crippen molar-refractivity contribution in [1.29, 1.82) is 0 Å². The van der Waals surface area contributed by atoms with Crippen LogP contribution in [-0.4, -0.2) is 48.2 Å². The van der Waals surface area contributed by atoms with Crippen molar-refractivity contribution in [1.82, 2.24) is 25.5 Å². The molecule has 0 bridgehead atoms. The summed E-state index contributed by atoms with van der Waals surface area (Å²) < 4.78 is 15.0. The first-order chi connectivity index (χ1) is 25.0. The Hall–Kier alpha value is -5.33. The van der Waals surface area contributed by atoms with Gasteiger partial charge in [0.05, 0.1) is 24.5 Å². The third kappa shape index (κ3) is 7.87. The maximum absolute atomic E-state index is 12.7. The van der Waals surface area contributed by atoms with E-state index in [-0.39, 0.29) is 36.4 Å². The number of amides is 1. The van der Waals surface area contributed by atoms with E-state index in [1.807, 2.05) is 72.8 Å². The van der Waals surface area contributed by atoms with Gasteiger partial charge in [0.25, 0.3) is 5.91 Å². The summed E-state index contributed by atoms with van der Waals surface area (Å²) in [6.45, 7) is 2.48. The minimum Gasteiger partial charge on any atom is -0.508 e. The molecule has 5 aromatic carbocycles. The number of tetrazole rings is 1. The molecule has 1 aromatic heterocycles. The Labute approximate surface area is 300 Å². The van der Waals surface area contributed by atoms with Crippen molar-refractivity contribution in [2.45, 2.75) is 43.7 Å². The normalized spacial score (nSPS) is 18.7. The van der Waals surface area contributed by atoms with Gasteiger partial charge in [-0.15, -0.1) is 5.10 Å². The van der Waals surface area contributed by atoms with Crippen molar-refractivity contribution >= 4 is 17.7 Å². The van der Waals surface area contributed by atoms with Crippen molar-refractivity contribution in [3.05, 3.63) is 155 Å². The number of thioether (sulfide) groups is 1. The van der Waals surface area contributed by atoms with Crippen LogP contribution in [0.25, 0.3) is 16.8 Å². The van der Waals surface area contributed by atoms with Crippen LogP contribution in [0, 0.1) is 5.92 Å². The highest BCUT2D eigenvalue weighted by molar-refractivity contribution is 7.99. The number of carbonyl (C=O) groups is 1. The lowest BCUT2D eigenvalue weighted by atomic mass is 9.91. The zero-order valence-electron chi connectivity index (χ0n) is 27.9. The van der Waals surface area contributed by atoms with Gasteiger partial charge in [0.15, 0.2) is 6.29 Å². The standard InChI is InChI=1S/C40H37N5O5S/c1-26-36(25-51-40-42-43-44-45(40)33-19-21-34(47)22-20-33)49-39(50-37(26)29-13-11-27(24-46)12-14-29)31-17-15-28(16-18-31)35-10-6-5-9-32(35)23-41-38(48)30-7-3-2-4-8-30/h2-22,26,36-37,39,46-47H,23-25H2,1H3,(H,41,48)/t26-,36+,37+,39+/m1/s1. The Morgan fingerprint density at radius 3 is 2.29 bits per heavy atom. The topological polar surface area (TPSA) is 132 Å². The van der Waals surface area contributed by atoms with Crippen molar-refractivity contribution in [3.8, 4) is 22.6 Å². The lowest BCUT2D eigenvalue weighted by molar-refractivity contribution is -0.268. The Kier molecular flexibility index (Phi) is 10.5. The summed E-state index contributed by atoms with van der Waals surface area (Å²) in [6.07, 6.45) is -1.14. The summed E-state index contributed by atoms with van der Waals surface area (Å²) >= 11 is 1.49. The molecule has 4 atom stereocenters. The van der Waals surface area contributed by atoms with E-state index in [1.54, 1.807) is 41.1 Å². The average Bonchev–Trinajstić information content (AvgIpc) is 3.66. The number of aliphatic hydroxyl groups is 1. The van der Waals surface area contributed by atoms with Gasteiger partial charge in [-0.05, 0) is 74.6 Å². The zero-order chi connectivity index (χ0) is 35.2. The van der Waals surface area contributed by atoms with E-state index in [4.69, 9.17) is 9.47 Å². The number of carbonyl (C=O) groups excluding carboxylic acids is 1. The molecule has 258 valence electrons. The summed E-state index contributed by atoms with van der Waals surface area (Å²) in [5.41, 5.74) is 7.11. The van der Waals surface area contributed by atoms with Gasteiger partial charge in [-0.2, -0.15) is 4.68 Å². The van der Waals surface area contributed by atoms with E-state index >= 15 is 0 Å². The maximum Gasteiger partial charge on any atom is 0.251 e. The van der Waals surface area contributed by atoms with Crippen molar-refractivity contribution in [3.63, 3.8) is 0 Å². The van der Waals surface area contributed by atoms with Crippen LogP contribution in [0.15, 0.2) is 133 Å². The molecule has 0 unspecified atom stereocenters. The Morgan fingerprint density at radius 2 is 1.55 bits per heavy atom. The molecule has 0 spiro atoms. The van der Waals surface area contributed by atoms with Crippen molar-refractivity contribution in [2.75, 3.05) is 5.75 Å². The predicted octanol–water partition coefficient (Wildman–Crippen LogP) is 7.04. The van der Waals surface area contributed by atoms with Crippen LogP contribution < -0.4 is 5.32 Å². The summed E-state index contributed by atoms with van der Waals surface area (Å²) in [4.78, 5) is 12.7. The molecule has 3 N–H and O–H groups in total. The molecular weight excluding hydrogens is 663 g/mol. The number of hydrogen-bond acceptors (Lipinski definition) is 9. The number of rotatable bonds is 11. The largest absolute Gasteiger partial charge is 0.508 e. The number of nitrogens with one attached hydrogen (secondary N) is 1. The van der Waals surface area contributed by atoms with Crippen molar-refractivity contribution < 1.29 is 24.5 Å². The first-order valence-electron chi connectivity index (χ1n) is 16.7. The SMILES string of the molecule is C[C@@H]1[C@H](CSc2nnnn2-c2ccc(O)cc2)O[C@H](c2ccc(-c3ccccc3CNC(=O)c3ccccc3)cc2)O[C@@H]1c1ccc(CO)cc1. The first kappa shape index (κ1) is 34.1. The third-order valence-electron chi connectivity index (χ3n) is 9.02. The average molecular weight is 700 g/mol. The van der Waals surface area contributed by atoms with Gasteiger partial charge in [0.1, 0.15) is 5.75 Å². The zero-order valence-corrected chi connectivity index (χ0v) is 28.7. The number of aromatic nitrogens is 4. The Bertz CT molecular complexity index is 2060. The van der Waals surface area contributed by atoms with Crippen LogP contribution in [0.4, 0.5) is 0 Å². The quantitative estimate of drug-likeness (QED) is 0.122. The number of benzene rings is 5. The molecule has 0 saturated carbocycles. The van der Waals surface area contributed by atoms with E-state index in [9.17, 15) is 15.0 Å². The molecule has 1 fully saturated rings. The minimum atomic E-state index is -0.642. The van der Waals surface area contributed by atoms with Crippen LogP contribution >= 0.6 is 11.8 Å². The molecule has 11 heteroatoms. The van der Waals surface area contributed by atoms with Gasteiger partial charge in [0.2, 0.25) is 5.16 Å². The minimum absolute atomic E-state index is 0.0241. The van der Waals surface area contributed by atoms with E-state index in [1.165, 1.54) is 11.8 Å². The number of nitrogens with zero attached hydrogens (tertiary/aromatic N) is 4. The van der Waals surface area contributed by atoms with Gasteiger partial charge >= 0.3 is 0 Å². The summed E-state index contributed by atoms with van der Waals surface area (Å²) in [7, 11) is 0. The number of phenols is 1. The number of hydrogen-bond donors (Lipinski definition) is 3. The highest BCUT2D eigenvalue weighted by Crippen LogP contribution is 2.43. The maximum atomic E-state index is 12.7. The molecule has 1 aliphatic heterocycles. The van der Waals surface area contributed by atoms with Crippen LogP contribution in [0.3, 0.4) is 0 Å². The first-order valence-corrected chi connectivity index (χ1v) is 17.7. The number of aromatic hydroxyl groups is 1. The van der Waals surface area contributed by atoms with E-state index in [0.717, 1.165) is 39.1 Å². The fourth-order valence-electron chi connectivity index (χ4n) is 6.13. The fourth-order valence-corrected chi connectivity index (χ4v) is 7.19. The smallest absolute Gasteiger partial charge is 0.251 e. The molecule has 10 nitrogen and oxygen atoms in total. The fraction of sp³-hybridized carbons (Fsp3) is 0.200. The Morgan fingerprint density at radius 1 is 0.843 bits per heavy atom. The molecule has 7 rings (SSSR count). The predicted molar refractivity (Wildman–Crippen MR) is 194 cm³/mol. The molecule has 1 aliphatic rings. The van der Waals surface area contributed by atoms with Crippen LogP contribution in [0.1, 0.15) is 51.9 Å². The third-order valence-corrected chi connectivity index (χ3v) is 10.0. The second kappa shape index (κ2) is 15.7. The van der Waals surface area contributed by atoms with Gasteiger partial charge < -0.3 is 25.0 Å². The number of ether oxygens (including phenoxy) is 2. The molecule has 0 aliphatic carbocycles. The summed E-state index contributed by atoms with van der Waals surface area (Å²) in [5, 5.41) is 35.3. The molecule has 1 saturated heterocycles. The lowest BCUT2D eigenvalue weighted by Crippen LogP contribution is -2.38. The highest BCUT2D eigenvalue weighted by atomic mass is 32.2. The molecule has 2 heterocycles. The van der Waals surface area contributed by atoms with Gasteiger partial charge in [-0.1, -0.05) is 110 Å². The second-order valence-corrected chi connectivity index (χ2v) is 13.3. The van der Waals surface area contributed by atoms with E-state index < -0.39 is 6.29 Å². The molecule has 51 heavy (non-hydrogen) atoms. The number of aliphatic hydroxyl groups excluding tert-OH is 1. The molecule has 0 radical (unpaired) electrons.